The molecule has 1 aromatic heterocycles. The van der Waals surface area contributed by atoms with Gasteiger partial charge < -0.3 is 5.32 Å². The molecular formula is C13H11F5N2S. The van der Waals surface area contributed by atoms with Crippen LogP contribution in [0.4, 0.5) is 22.0 Å². The van der Waals surface area contributed by atoms with E-state index in [1.807, 2.05) is 0 Å². The van der Waals surface area contributed by atoms with Gasteiger partial charge >= 0.3 is 0 Å². The van der Waals surface area contributed by atoms with E-state index in [1.165, 1.54) is 18.4 Å². The molecule has 0 spiro atoms. The molecule has 2 rings (SSSR count). The second-order valence-electron chi connectivity index (χ2n) is 4.39. The molecule has 1 N–H and O–H groups in total. The Bertz CT molecular complexity index is 642. The SMILES string of the molecule is CNC(Cc1csc(C)n1)c1c(F)c(F)c(F)c(F)c1F. The summed E-state index contributed by atoms with van der Waals surface area (Å²) in [6.45, 7) is 1.75. The molecule has 0 radical (unpaired) electrons. The number of aryl methyl sites for hydroxylation is 1. The summed E-state index contributed by atoms with van der Waals surface area (Å²) < 4.78 is 67.1. The summed E-state index contributed by atoms with van der Waals surface area (Å²) in [5.41, 5.74) is -0.361. The van der Waals surface area contributed by atoms with Crippen LogP contribution in [0.25, 0.3) is 0 Å². The van der Waals surface area contributed by atoms with Gasteiger partial charge in [-0.25, -0.2) is 26.9 Å². The molecule has 0 bridgehead atoms. The third-order valence-electron chi connectivity index (χ3n) is 3.02. The van der Waals surface area contributed by atoms with Crippen molar-refractivity contribution in [1.29, 1.82) is 0 Å². The van der Waals surface area contributed by atoms with Crippen molar-refractivity contribution in [2.75, 3.05) is 7.05 Å². The number of nitrogens with one attached hydrogen (secondary N) is 1. The number of benzene rings is 1. The lowest BCUT2D eigenvalue weighted by Gasteiger charge is -2.18. The molecule has 2 aromatic rings. The Morgan fingerprint density at radius 2 is 1.57 bits per heavy atom. The van der Waals surface area contributed by atoms with Crippen LogP contribution in [-0.2, 0) is 6.42 Å². The van der Waals surface area contributed by atoms with Gasteiger partial charge in [0.25, 0.3) is 0 Å². The van der Waals surface area contributed by atoms with Crippen LogP contribution in [0, 0.1) is 36.0 Å². The summed E-state index contributed by atoms with van der Waals surface area (Å²) in [7, 11) is 1.38. The first-order valence-electron chi connectivity index (χ1n) is 5.96. The predicted octanol–water partition coefficient (Wildman–Crippen LogP) is 3.65. The van der Waals surface area contributed by atoms with Gasteiger partial charge in [-0.15, -0.1) is 11.3 Å². The Balaban J connectivity index is 2.47. The summed E-state index contributed by atoms with van der Waals surface area (Å²) in [4.78, 5) is 4.12. The molecule has 0 fully saturated rings. The minimum absolute atomic E-state index is 0.0131. The fraction of sp³-hybridized carbons (Fsp3) is 0.308. The molecule has 8 heteroatoms. The van der Waals surface area contributed by atoms with E-state index in [2.05, 4.69) is 10.3 Å². The zero-order valence-electron chi connectivity index (χ0n) is 11.1. The molecule has 0 aliphatic carbocycles. The van der Waals surface area contributed by atoms with Crippen LogP contribution >= 0.6 is 11.3 Å². The second kappa shape index (κ2) is 6.07. The van der Waals surface area contributed by atoms with Gasteiger partial charge in [-0.05, 0) is 14.0 Å². The van der Waals surface area contributed by atoms with E-state index < -0.39 is 40.7 Å². The molecule has 1 atom stereocenters. The largest absolute Gasteiger partial charge is 0.312 e. The van der Waals surface area contributed by atoms with Gasteiger partial charge in [0.15, 0.2) is 23.3 Å². The Hall–Kier alpha value is -1.54. The maximum Gasteiger partial charge on any atom is 0.200 e. The third-order valence-corrected chi connectivity index (χ3v) is 3.84. The minimum atomic E-state index is -2.16. The lowest BCUT2D eigenvalue weighted by molar-refractivity contribution is 0.358. The van der Waals surface area contributed by atoms with E-state index in [1.54, 1.807) is 12.3 Å². The van der Waals surface area contributed by atoms with Crippen LogP contribution in [0.2, 0.25) is 0 Å². The average molecular weight is 322 g/mol. The maximum atomic E-state index is 13.8. The van der Waals surface area contributed by atoms with Crippen LogP contribution < -0.4 is 5.32 Å². The fourth-order valence-electron chi connectivity index (χ4n) is 1.99. The Labute approximate surface area is 121 Å². The number of nitrogens with zero attached hydrogens (tertiary/aromatic N) is 1. The molecule has 0 aliphatic rings. The fourth-order valence-corrected chi connectivity index (χ4v) is 2.61. The monoisotopic (exact) mass is 322 g/mol. The highest BCUT2D eigenvalue weighted by Gasteiger charge is 2.30. The second-order valence-corrected chi connectivity index (χ2v) is 5.45. The standard InChI is InChI=1S/C13H11F5N2S/c1-5-20-6(4-21-5)3-7(19-2)8-9(14)11(16)13(18)12(17)10(8)15/h4,7,19H,3H2,1-2H3. The van der Waals surface area contributed by atoms with Crippen molar-refractivity contribution in [3.63, 3.8) is 0 Å². The van der Waals surface area contributed by atoms with Crippen LogP contribution in [0.3, 0.4) is 0 Å². The van der Waals surface area contributed by atoms with E-state index in [0.717, 1.165) is 5.01 Å². The molecule has 0 saturated heterocycles. The predicted molar refractivity (Wildman–Crippen MR) is 68.6 cm³/mol. The molecule has 21 heavy (non-hydrogen) atoms. The molecule has 0 saturated carbocycles. The van der Waals surface area contributed by atoms with Gasteiger partial charge in [0.1, 0.15) is 0 Å². The number of hydrogen-bond donors (Lipinski definition) is 1. The molecular weight excluding hydrogens is 311 g/mol. The molecule has 0 amide bonds. The first-order valence-corrected chi connectivity index (χ1v) is 6.84. The van der Waals surface area contributed by atoms with Gasteiger partial charge in [-0.1, -0.05) is 0 Å². The molecule has 1 unspecified atom stereocenters. The normalized spacial score (nSPS) is 12.7. The van der Waals surface area contributed by atoms with Crippen molar-refractivity contribution in [2.24, 2.45) is 0 Å². The minimum Gasteiger partial charge on any atom is -0.312 e. The lowest BCUT2D eigenvalue weighted by atomic mass is 10.0. The van der Waals surface area contributed by atoms with Gasteiger partial charge in [-0.3, -0.25) is 0 Å². The lowest BCUT2D eigenvalue weighted by Crippen LogP contribution is -2.23. The number of hydrogen-bond acceptors (Lipinski definition) is 3. The zero-order chi connectivity index (χ0) is 15.7. The smallest absolute Gasteiger partial charge is 0.200 e. The van der Waals surface area contributed by atoms with Crippen LogP contribution in [-0.4, -0.2) is 12.0 Å². The number of likely N-dealkylation sites (N-methyl/N-ethyl adjacent to an activating group) is 1. The third kappa shape index (κ3) is 2.91. The highest BCUT2D eigenvalue weighted by Crippen LogP contribution is 2.29. The van der Waals surface area contributed by atoms with Crippen molar-refractivity contribution < 1.29 is 22.0 Å². The average Bonchev–Trinajstić information content (AvgIpc) is 2.87. The van der Waals surface area contributed by atoms with Crippen molar-refractivity contribution in [3.05, 3.63) is 50.7 Å². The van der Waals surface area contributed by atoms with Gasteiger partial charge in [0.2, 0.25) is 5.82 Å². The molecule has 2 nitrogen and oxygen atoms in total. The van der Waals surface area contributed by atoms with Gasteiger partial charge in [0.05, 0.1) is 10.7 Å². The van der Waals surface area contributed by atoms with Crippen LogP contribution in [0.5, 0.6) is 0 Å². The summed E-state index contributed by atoms with van der Waals surface area (Å²) in [6, 6.07) is -1.07. The Morgan fingerprint density at radius 1 is 1.05 bits per heavy atom. The number of aromatic nitrogens is 1. The topological polar surface area (TPSA) is 24.9 Å². The summed E-state index contributed by atoms with van der Waals surface area (Å²) in [6.07, 6.45) is 0.0131. The summed E-state index contributed by atoms with van der Waals surface area (Å²) in [5, 5.41) is 4.98. The van der Waals surface area contributed by atoms with E-state index in [9.17, 15) is 22.0 Å². The summed E-state index contributed by atoms with van der Waals surface area (Å²) >= 11 is 1.33. The number of rotatable bonds is 4. The van der Waals surface area contributed by atoms with E-state index >= 15 is 0 Å². The first kappa shape index (κ1) is 15.8. The molecule has 1 heterocycles. The molecule has 114 valence electrons. The van der Waals surface area contributed by atoms with Crippen LogP contribution in [0.1, 0.15) is 22.3 Å². The van der Waals surface area contributed by atoms with Crippen molar-refractivity contribution in [2.45, 2.75) is 19.4 Å². The molecule has 0 aliphatic heterocycles. The van der Waals surface area contributed by atoms with Crippen molar-refractivity contribution in [3.8, 4) is 0 Å². The van der Waals surface area contributed by atoms with Crippen molar-refractivity contribution >= 4 is 11.3 Å². The Kier molecular flexibility index (Phi) is 4.58. The highest BCUT2D eigenvalue weighted by molar-refractivity contribution is 7.09. The van der Waals surface area contributed by atoms with E-state index in [-0.39, 0.29) is 6.42 Å². The quantitative estimate of drug-likeness (QED) is 0.528. The van der Waals surface area contributed by atoms with Gasteiger partial charge in [-0.2, -0.15) is 0 Å². The highest BCUT2D eigenvalue weighted by atomic mass is 32.1. The zero-order valence-corrected chi connectivity index (χ0v) is 11.9. The van der Waals surface area contributed by atoms with Crippen LogP contribution in [0.15, 0.2) is 5.38 Å². The number of halogens is 5. The first-order chi connectivity index (χ1) is 9.86. The van der Waals surface area contributed by atoms with E-state index in [4.69, 9.17) is 0 Å². The maximum absolute atomic E-state index is 13.8. The van der Waals surface area contributed by atoms with E-state index in [0.29, 0.717) is 5.69 Å². The Morgan fingerprint density at radius 3 is 2.00 bits per heavy atom. The van der Waals surface area contributed by atoms with Crippen molar-refractivity contribution in [1.82, 2.24) is 10.3 Å². The molecule has 1 aromatic carbocycles. The van der Waals surface area contributed by atoms with Gasteiger partial charge in [0, 0.05) is 23.4 Å². The number of thiazole rings is 1. The summed E-state index contributed by atoms with van der Waals surface area (Å²) in [5.74, 6) is -9.69.